The third kappa shape index (κ3) is 4.16. The zero-order valence-corrected chi connectivity index (χ0v) is 18.2. The molecule has 0 nitrogen and oxygen atoms in total. The summed E-state index contributed by atoms with van der Waals surface area (Å²) in [6.07, 6.45) is 14.3. The quantitative estimate of drug-likeness (QED) is 0.488. The summed E-state index contributed by atoms with van der Waals surface area (Å²) in [4.78, 5) is 0. The second-order valence-corrected chi connectivity index (χ2v) is 9.90. The first-order chi connectivity index (χ1) is 12.0. The first-order valence-corrected chi connectivity index (χ1v) is 11.5. The van der Waals surface area contributed by atoms with Gasteiger partial charge in [-0.2, -0.15) is 0 Å². The Kier molecular flexibility index (Phi) is 6.65. The van der Waals surface area contributed by atoms with Gasteiger partial charge in [-0.1, -0.05) is 72.3 Å². The minimum absolute atomic E-state index is 0.633. The van der Waals surface area contributed by atoms with E-state index < -0.39 is 0 Å². The standard InChI is InChI=1S/C24H39P/c1-16(2)20-15-21(25)24(19-13-9-6-10-14-19)22(17(3)4)23(20)18-11-7-5-8-12-18/h15-19H,5-14,25H2,1-4H3. The van der Waals surface area contributed by atoms with E-state index in [4.69, 9.17) is 0 Å². The van der Waals surface area contributed by atoms with Crippen LogP contribution in [0.1, 0.15) is 138 Å². The number of rotatable bonds is 4. The van der Waals surface area contributed by atoms with Gasteiger partial charge in [0.1, 0.15) is 0 Å². The monoisotopic (exact) mass is 358 g/mol. The van der Waals surface area contributed by atoms with Crippen LogP contribution in [0.25, 0.3) is 0 Å². The van der Waals surface area contributed by atoms with Crippen LogP contribution < -0.4 is 5.30 Å². The maximum atomic E-state index is 3.13. The molecule has 1 aromatic carbocycles. The Bertz CT molecular complexity index is 572. The molecular weight excluding hydrogens is 319 g/mol. The minimum Gasteiger partial charge on any atom is -0.105 e. The Balaban J connectivity index is 2.17. The highest BCUT2D eigenvalue weighted by Gasteiger charge is 2.30. The highest BCUT2D eigenvalue weighted by molar-refractivity contribution is 7.27. The fraction of sp³-hybridized carbons (Fsp3) is 0.750. The molecular formula is C24H39P. The number of hydrogen-bond donors (Lipinski definition) is 0. The lowest BCUT2D eigenvalue weighted by molar-refractivity contribution is 0.428. The van der Waals surface area contributed by atoms with E-state index in [1.807, 2.05) is 0 Å². The van der Waals surface area contributed by atoms with E-state index in [-0.39, 0.29) is 0 Å². The third-order valence-electron chi connectivity index (χ3n) is 6.74. The third-order valence-corrected chi connectivity index (χ3v) is 7.22. The Morgan fingerprint density at radius 2 is 1.20 bits per heavy atom. The van der Waals surface area contributed by atoms with Crippen molar-refractivity contribution in [2.45, 2.75) is 116 Å². The van der Waals surface area contributed by atoms with Gasteiger partial charge in [0.15, 0.2) is 0 Å². The van der Waals surface area contributed by atoms with Gasteiger partial charge in [0.2, 0.25) is 0 Å². The Morgan fingerprint density at radius 3 is 1.64 bits per heavy atom. The summed E-state index contributed by atoms with van der Waals surface area (Å²) < 4.78 is 0. The largest absolute Gasteiger partial charge is 0.105 e. The summed E-state index contributed by atoms with van der Waals surface area (Å²) in [5.74, 6) is 2.90. The summed E-state index contributed by atoms with van der Waals surface area (Å²) in [5, 5.41) is 1.51. The molecule has 2 aliphatic carbocycles. The molecule has 1 unspecified atom stereocenters. The molecule has 2 aliphatic rings. The first-order valence-electron chi connectivity index (χ1n) is 11.0. The van der Waals surface area contributed by atoms with Crippen LogP contribution >= 0.6 is 9.24 Å². The van der Waals surface area contributed by atoms with Gasteiger partial charge < -0.3 is 0 Å². The average molecular weight is 359 g/mol. The van der Waals surface area contributed by atoms with Gasteiger partial charge >= 0.3 is 0 Å². The highest BCUT2D eigenvalue weighted by atomic mass is 31.0. The fourth-order valence-corrected chi connectivity index (χ4v) is 6.14. The number of hydrogen-bond acceptors (Lipinski definition) is 0. The van der Waals surface area contributed by atoms with Crippen LogP contribution in [-0.2, 0) is 0 Å². The normalized spacial score (nSPS) is 20.6. The fourth-order valence-electron chi connectivity index (χ4n) is 5.57. The van der Waals surface area contributed by atoms with E-state index in [1.165, 1.54) is 69.5 Å². The van der Waals surface area contributed by atoms with Crippen molar-refractivity contribution in [1.82, 2.24) is 0 Å². The minimum atomic E-state index is 0.633. The topological polar surface area (TPSA) is 0 Å². The van der Waals surface area contributed by atoms with Crippen LogP contribution in [0, 0.1) is 0 Å². The van der Waals surface area contributed by atoms with Crippen molar-refractivity contribution >= 4 is 14.5 Å². The first kappa shape index (κ1) is 19.4. The molecule has 0 spiro atoms. The van der Waals surface area contributed by atoms with Gasteiger partial charge in [0.05, 0.1) is 0 Å². The Morgan fingerprint density at radius 1 is 0.720 bits per heavy atom. The lowest BCUT2D eigenvalue weighted by atomic mass is 9.71. The molecule has 3 rings (SSSR count). The van der Waals surface area contributed by atoms with Gasteiger partial charge in [-0.3, -0.25) is 0 Å². The summed E-state index contributed by atoms with van der Waals surface area (Å²) in [6.45, 7) is 9.69. The van der Waals surface area contributed by atoms with Crippen molar-refractivity contribution < 1.29 is 0 Å². The molecule has 25 heavy (non-hydrogen) atoms. The molecule has 0 aromatic heterocycles. The molecule has 0 amide bonds. The smallest absolute Gasteiger partial charge is 0.0153 e. The molecule has 0 N–H and O–H groups in total. The molecule has 0 aliphatic heterocycles. The maximum Gasteiger partial charge on any atom is -0.0153 e. The molecule has 0 bridgehead atoms. The van der Waals surface area contributed by atoms with Crippen LogP contribution in [0.15, 0.2) is 6.07 Å². The molecule has 1 heteroatoms. The summed E-state index contributed by atoms with van der Waals surface area (Å²) in [6, 6.07) is 2.56. The van der Waals surface area contributed by atoms with E-state index in [9.17, 15) is 0 Å². The molecule has 2 fully saturated rings. The van der Waals surface area contributed by atoms with E-state index in [0.717, 1.165) is 11.8 Å². The van der Waals surface area contributed by atoms with Crippen molar-refractivity contribution in [2.75, 3.05) is 0 Å². The van der Waals surface area contributed by atoms with Crippen molar-refractivity contribution in [2.24, 2.45) is 0 Å². The van der Waals surface area contributed by atoms with Gasteiger partial charge in [0.25, 0.3) is 0 Å². The molecule has 140 valence electrons. The predicted molar refractivity (Wildman–Crippen MR) is 116 cm³/mol. The molecule has 0 radical (unpaired) electrons. The van der Waals surface area contributed by atoms with Gasteiger partial charge in [0, 0.05) is 0 Å². The zero-order chi connectivity index (χ0) is 18.0. The van der Waals surface area contributed by atoms with Crippen LogP contribution in [0.5, 0.6) is 0 Å². The van der Waals surface area contributed by atoms with Gasteiger partial charge in [-0.25, -0.2) is 0 Å². The van der Waals surface area contributed by atoms with Crippen LogP contribution in [0.3, 0.4) is 0 Å². The Labute approximate surface area is 158 Å². The lowest BCUT2D eigenvalue weighted by Crippen LogP contribution is -2.22. The van der Waals surface area contributed by atoms with E-state index >= 15 is 0 Å². The summed E-state index contributed by atoms with van der Waals surface area (Å²) >= 11 is 0. The van der Waals surface area contributed by atoms with Crippen LogP contribution in [-0.4, -0.2) is 0 Å². The van der Waals surface area contributed by atoms with E-state index in [0.29, 0.717) is 11.8 Å². The average Bonchev–Trinajstić information content (AvgIpc) is 2.62. The molecule has 2 saturated carbocycles. The van der Waals surface area contributed by atoms with E-state index in [2.05, 4.69) is 43.0 Å². The van der Waals surface area contributed by atoms with Gasteiger partial charge in [-0.15, -0.1) is 9.24 Å². The molecule has 0 heterocycles. The van der Waals surface area contributed by atoms with Crippen molar-refractivity contribution in [3.63, 3.8) is 0 Å². The van der Waals surface area contributed by atoms with Crippen molar-refractivity contribution in [3.05, 3.63) is 28.3 Å². The Hall–Kier alpha value is -0.350. The highest BCUT2D eigenvalue weighted by Crippen LogP contribution is 2.45. The van der Waals surface area contributed by atoms with E-state index in [1.54, 1.807) is 22.3 Å². The second-order valence-electron chi connectivity index (χ2n) is 9.28. The number of benzene rings is 1. The lowest BCUT2D eigenvalue weighted by Gasteiger charge is -2.35. The molecule has 0 saturated heterocycles. The second kappa shape index (κ2) is 8.56. The van der Waals surface area contributed by atoms with Crippen LogP contribution in [0.4, 0.5) is 0 Å². The van der Waals surface area contributed by atoms with Gasteiger partial charge in [-0.05, 0) is 76.9 Å². The zero-order valence-electron chi connectivity index (χ0n) is 17.0. The maximum absolute atomic E-state index is 3.13. The van der Waals surface area contributed by atoms with Crippen LogP contribution in [0.2, 0.25) is 0 Å². The molecule has 1 aromatic rings. The van der Waals surface area contributed by atoms with Crippen molar-refractivity contribution in [3.8, 4) is 0 Å². The SMILES string of the molecule is CC(C)c1cc(P)c(C2CCCCC2)c(C(C)C)c1C1CCCCC1. The predicted octanol–water partition coefficient (Wildman–Crippen LogP) is 7.53. The molecule has 1 atom stereocenters. The summed E-state index contributed by atoms with van der Waals surface area (Å²) in [5.41, 5.74) is 6.94. The van der Waals surface area contributed by atoms with Crippen molar-refractivity contribution in [1.29, 1.82) is 0 Å². The summed E-state index contributed by atoms with van der Waals surface area (Å²) in [7, 11) is 3.13.